The van der Waals surface area contributed by atoms with E-state index in [4.69, 9.17) is 0 Å². The molecule has 0 atom stereocenters. The lowest BCUT2D eigenvalue weighted by molar-refractivity contribution is 0.0989. The van der Waals surface area contributed by atoms with Crippen molar-refractivity contribution in [2.45, 2.75) is 6.42 Å². The molecule has 1 aliphatic heterocycles. The van der Waals surface area contributed by atoms with Gasteiger partial charge in [0, 0.05) is 25.0 Å². The second-order valence-corrected chi connectivity index (χ2v) is 5.36. The van der Waals surface area contributed by atoms with Crippen molar-refractivity contribution in [3.63, 3.8) is 0 Å². The summed E-state index contributed by atoms with van der Waals surface area (Å²) in [6.07, 6.45) is 5.96. The van der Waals surface area contributed by atoms with E-state index in [2.05, 4.69) is 10.2 Å². The van der Waals surface area contributed by atoms with Crippen LogP contribution in [0.4, 0.5) is 0 Å². The van der Waals surface area contributed by atoms with E-state index in [9.17, 15) is 4.79 Å². The Hall–Kier alpha value is -2.95. The Bertz CT molecular complexity index is 884. The monoisotopic (exact) mass is 290 g/mol. The van der Waals surface area contributed by atoms with Gasteiger partial charge in [0.25, 0.3) is 0 Å². The highest BCUT2D eigenvalue weighted by molar-refractivity contribution is 6.16. The van der Waals surface area contributed by atoms with Gasteiger partial charge in [0.1, 0.15) is 5.69 Å². The molecule has 3 aromatic rings. The van der Waals surface area contributed by atoms with Crippen LogP contribution in [-0.2, 0) is 7.05 Å². The largest absolute Gasteiger partial charge is 0.292 e. The van der Waals surface area contributed by atoms with E-state index in [0.717, 1.165) is 22.4 Å². The molecule has 5 heteroatoms. The molecule has 0 radical (unpaired) electrons. The topological polar surface area (TPSA) is 52.2 Å². The highest BCUT2D eigenvalue weighted by Gasteiger charge is 2.20. The molecular weight excluding hydrogens is 276 g/mol. The second-order valence-electron chi connectivity index (χ2n) is 5.36. The molecule has 22 heavy (non-hydrogen) atoms. The third kappa shape index (κ3) is 2.07. The molecule has 1 aliphatic rings. The Labute approximate surface area is 127 Å². The van der Waals surface area contributed by atoms with E-state index in [1.54, 1.807) is 21.6 Å². The number of aryl methyl sites for hydroxylation is 1. The van der Waals surface area contributed by atoms with Gasteiger partial charge in [0.15, 0.2) is 5.78 Å². The minimum atomic E-state index is 0.103. The third-order valence-electron chi connectivity index (χ3n) is 3.83. The molecule has 0 aliphatic carbocycles. The SMILES string of the molecule is Cn1cc(-c2ccc(C3=Nn4cccc4C(=O)C3)cc2)cn1. The van der Waals surface area contributed by atoms with Gasteiger partial charge in [0.2, 0.25) is 0 Å². The van der Waals surface area contributed by atoms with E-state index < -0.39 is 0 Å². The lowest BCUT2D eigenvalue weighted by Gasteiger charge is -2.14. The molecule has 3 heterocycles. The summed E-state index contributed by atoms with van der Waals surface area (Å²) in [7, 11) is 1.90. The zero-order chi connectivity index (χ0) is 15.1. The molecule has 4 rings (SSSR count). The Balaban J connectivity index is 1.68. The molecular formula is C17H14N4O. The normalized spacial score (nSPS) is 13.9. The first-order valence-corrected chi connectivity index (χ1v) is 7.08. The van der Waals surface area contributed by atoms with Crippen LogP contribution in [0.3, 0.4) is 0 Å². The van der Waals surface area contributed by atoms with E-state index in [1.807, 2.05) is 49.8 Å². The van der Waals surface area contributed by atoms with Crippen molar-refractivity contribution < 1.29 is 4.79 Å². The molecule has 0 spiro atoms. The molecule has 0 saturated heterocycles. The van der Waals surface area contributed by atoms with Crippen molar-refractivity contribution in [3.05, 3.63) is 66.2 Å². The second kappa shape index (κ2) is 4.80. The highest BCUT2D eigenvalue weighted by atomic mass is 16.1. The first-order valence-electron chi connectivity index (χ1n) is 7.08. The first kappa shape index (κ1) is 12.8. The van der Waals surface area contributed by atoms with Crippen LogP contribution in [0.15, 0.2) is 60.1 Å². The lowest BCUT2D eigenvalue weighted by Crippen LogP contribution is -2.19. The Morgan fingerprint density at radius 3 is 2.55 bits per heavy atom. The quantitative estimate of drug-likeness (QED) is 0.728. The Morgan fingerprint density at radius 2 is 1.82 bits per heavy atom. The van der Waals surface area contributed by atoms with Gasteiger partial charge in [0.05, 0.1) is 18.3 Å². The molecule has 0 unspecified atom stereocenters. The van der Waals surface area contributed by atoms with Crippen LogP contribution in [0.25, 0.3) is 11.1 Å². The first-order chi connectivity index (χ1) is 10.7. The van der Waals surface area contributed by atoms with Crippen molar-refractivity contribution in [3.8, 4) is 11.1 Å². The predicted octanol–water partition coefficient (Wildman–Crippen LogP) is 2.73. The van der Waals surface area contributed by atoms with Gasteiger partial charge in [-0.1, -0.05) is 24.3 Å². The van der Waals surface area contributed by atoms with E-state index >= 15 is 0 Å². The maximum Gasteiger partial charge on any atom is 0.187 e. The fourth-order valence-electron chi connectivity index (χ4n) is 2.67. The van der Waals surface area contributed by atoms with Gasteiger partial charge in [-0.2, -0.15) is 10.2 Å². The molecule has 108 valence electrons. The molecule has 0 fully saturated rings. The molecule has 0 amide bonds. The van der Waals surface area contributed by atoms with Crippen LogP contribution in [-0.4, -0.2) is 26.0 Å². The van der Waals surface area contributed by atoms with Crippen molar-refractivity contribution in [2.24, 2.45) is 12.1 Å². The van der Waals surface area contributed by atoms with Crippen LogP contribution >= 0.6 is 0 Å². The maximum atomic E-state index is 12.1. The summed E-state index contributed by atoms with van der Waals surface area (Å²) in [5.74, 6) is 0.103. The number of hydrogen-bond donors (Lipinski definition) is 0. The summed E-state index contributed by atoms with van der Waals surface area (Å²) >= 11 is 0. The predicted molar refractivity (Wildman–Crippen MR) is 84.0 cm³/mol. The van der Waals surface area contributed by atoms with Crippen molar-refractivity contribution in [2.75, 3.05) is 0 Å². The molecule has 0 bridgehead atoms. The van der Waals surface area contributed by atoms with Crippen LogP contribution in [0, 0.1) is 0 Å². The number of benzene rings is 1. The van der Waals surface area contributed by atoms with Gasteiger partial charge in [-0.05, 0) is 23.3 Å². The van der Waals surface area contributed by atoms with Gasteiger partial charge in [-0.25, -0.2) is 4.68 Å². The Morgan fingerprint density at radius 1 is 1.05 bits per heavy atom. The standard InChI is InChI=1S/C17H14N4O/c1-20-11-14(10-18-20)12-4-6-13(7-5-12)15-9-17(22)16-3-2-8-21(16)19-15/h2-8,10-11H,9H2,1H3. The fourth-order valence-corrected chi connectivity index (χ4v) is 2.67. The zero-order valence-corrected chi connectivity index (χ0v) is 12.1. The molecule has 5 nitrogen and oxygen atoms in total. The summed E-state index contributed by atoms with van der Waals surface area (Å²) < 4.78 is 3.43. The van der Waals surface area contributed by atoms with Crippen molar-refractivity contribution >= 4 is 11.5 Å². The number of ketones is 1. The third-order valence-corrected chi connectivity index (χ3v) is 3.83. The van der Waals surface area contributed by atoms with Crippen LogP contribution in [0.1, 0.15) is 22.5 Å². The molecule has 0 saturated carbocycles. The summed E-state index contributed by atoms with van der Waals surface area (Å²) in [4.78, 5) is 12.1. The molecule has 0 N–H and O–H groups in total. The maximum absolute atomic E-state index is 12.1. The van der Waals surface area contributed by atoms with E-state index in [0.29, 0.717) is 12.1 Å². The van der Waals surface area contributed by atoms with Crippen LogP contribution in [0.5, 0.6) is 0 Å². The lowest BCUT2D eigenvalue weighted by atomic mass is 10.00. The Kier molecular flexibility index (Phi) is 2.79. The van der Waals surface area contributed by atoms with Crippen molar-refractivity contribution in [1.82, 2.24) is 14.5 Å². The summed E-state index contributed by atoms with van der Waals surface area (Å²) in [6.45, 7) is 0. The van der Waals surface area contributed by atoms with Gasteiger partial charge < -0.3 is 0 Å². The summed E-state index contributed by atoms with van der Waals surface area (Å²) in [6, 6.07) is 11.7. The minimum Gasteiger partial charge on any atom is -0.292 e. The van der Waals surface area contributed by atoms with E-state index in [1.165, 1.54) is 0 Å². The van der Waals surface area contributed by atoms with Gasteiger partial charge in [-0.3, -0.25) is 9.48 Å². The number of carbonyl (C=O) groups excluding carboxylic acids is 1. The number of Topliss-reactive ketones (excluding diaryl/α,β-unsaturated/α-hetero) is 1. The average molecular weight is 290 g/mol. The summed E-state index contributed by atoms with van der Waals surface area (Å²) in [5, 5.41) is 8.71. The van der Waals surface area contributed by atoms with Gasteiger partial charge in [-0.15, -0.1) is 0 Å². The minimum absolute atomic E-state index is 0.103. The number of aromatic nitrogens is 3. The highest BCUT2D eigenvalue weighted by Crippen LogP contribution is 2.21. The molecule has 2 aromatic heterocycles. The van der Waals surface area contributed by atoms with Crippen molar-refractivity contribution in [1.29, 1.82) is 0 Å². The zero-order valence-electron chi connectivity index (χ0n) is 12.1. The number of nitrogens with zero attached hydrogens (tertiary/aromatic N) is 4. The van der Waals surface area contributed by atoms with E-state index in [-0.39, 0.29) is 5.78 Å². The summed E-state index contributed by atoms with van der Waals surface area (Å²) in [5.41, 5.74) is 4.59. The van der Waals surface area contributed by atoms with Gasteiger partial charge >= 0.3 is 0 Å². The average Bonchev–Trinajstić information content (AvgIpc) is 3.16. The smallest absolute Gasteiger partial charge is 0.187 e. The van der Waals surface area contributed by atoms with Crippen LogP contribution in [0.2, 0.25) is 0 Å². The number of rotatable bonds is 2. The molecule has 1 aromatic carbocycles. The number of carbonyl (C=O) groups is 1. The number of fused-ring (bicyclic) bond motifs is 1. The fraction of sp³-hybridized carbons (Fsp3) is 0.118. The number of hydrogen-bond acceptors (Lipinski definition) is 3. The van der Waals surface area contributed by atoms with Crippen LogP contribution < -0.4 is 0 Å².